The molecule has 6 heteroatoms. The van der Waals surface area contributed by atoms with E-state index >= 15 is 0 Å². The lowest BCUT2D eigenvalue weighted by atomic mass is 10.2. The van der Waals surface area contributed by atoms with E-state index in [2.05, 4.69) is 10.1 Å². The topological polar surface area (TPSA) is 73.1 Å². The lowest BCUT2D eigenvalue weighted by Gasteiger charge is -1.98. The first kappa shape index (κ1) is 13.7. The van der Waals surface area contributed by atoms with Gasteiger partial charge >= 0.3 is 0 Å². The maximum atomic E-state index is 11.8. The largest absolute Gasteiger partial charge is 0.338 e. The van der Waals surface area contributed by atoms with Gasteiger partial charge in [0.15, 0.2) is 9.84 Å². The van der Waals surface area contributed by atoms with Crippen LogP contribution in [0.1, 0.15) is 25.7 Å². The highest BCUT2D eigenvalue weighted by Crippen LogP contribution is 2.16. The van der Waals surface area contributed by atoms with Crippen LogP contribution >= 0.6 is 0 Å². The molecule has 0 N–H and O–H groups in total. The van der Waals surface area contributed by atoms with Crippen molar-refractivity contribution in [3.05, 3.63) is 36.2 Å². The smallest absolute Gasteiger partial charge is 0.242 e. The van der Waals surface area contributed by atoms with Crippen molar-refractivity contribution in [3.8, 4) is 11.4 Å². The molecule has 1 aromatic heterocycles. The molecule has 0 atom stereocenters. The minimum atomic E-state index is -3.16. The van der Waals surface area contributed by atoms with Crippen LogP contribution < -0.4 is 0 Å². The number of nitrogens with zero attached hydrogens (tertiary/aromatic N) is 2. The van der Waals surface area contributed by atoms with Crippen molar-refractivity contribution in [1.29, 1.82) is 0 Å². The Morgan fingerprint density at radius 1 is 1.21 bits per heavy atom. The van der Waals surface area contributed by atoms with Gasteiger partial charge in [0, 0.05) is 5.56 Å². The molecule has 0 bridgehead atoms. The van der Waals surface area contributed by atoms with Gasteiger partial charge in [-0.3, -0.25) is 0 Å². The first-order valence-electron chi connectivity index (χ1n) is 6.19. The molecule has 0 spiro atoms. The number of unbranched alkanes of at least 4 members (excludes halogenated alkanes) is 1. The van der Waals surface area contributed by atoms with Gasteiger partial charge < -0.3 is 4.52 Å². The summed E-state index contributed by atoms with van der Waals surface area (Å²) in [5, 5.41) is 3.80. The number of rotatable bonds is 6. The van der Waals surface area contributed by atoms with Gasteiger partial charge in [-0.15, -0.1) is 0 Å². The van der Waals surface area contributed by atoms with Gasteiger partial charge in [0.1, 0.15) is 5.75 Å². The summed E-state index contributed by atoms with van der Waals surface area (Å²) in [6.07, 6.45) is 1.50. The number of aromatic nitrogens is 2. The van der Waals surface area contributed by atoms with Gasteiger partial charge in [0.05, 0.1) is 5.75 Å². The number of hydrogen-bond donors (Lipinski definition) is 0. The molecule has 0 saturated heterocycles. The Morgan fingerprint density at radius 2 is 1.95 bits per heavy atom. The summed E-state index contributed by atoms with van der Waals surface area (Å²) in [6.45, 7) is 1.95. The zero-order valence-electron chi connectivity index (χ0n) is 10.7. The second kappa shape index (κ2) is 5.97. The normalized spacial score (nSPS) is 11.6. The van der Waals surface area contributed by atoms with E-state index in [-0.39, 0.29) is 17.4 Å². The summed E-state index contributed by atoms with van der Waals surface area (Å²) in [6, 6.07) is 9.31. The molecule has 0 aliphatic rings. The summed E-state index contributed by atoms with van der Waals surface area (Å²) in [5.74, 6) is 0.538. The maximum Gasteiger partial charge on any atom is 0.242 e. The van der Waals surface area contributed by atoms with Crippen LogP contribution in [0.4, 0.5) is 0 Å². The molecule has 2 aromatic rings. The predicted molar refractivity (Wildman–Crippen MR) is 72.1 cm³/mol. The van der Waals surface area contributed by atoms with E-state index in [4.69, 9.17) is 4.52 Å². The van der Waals surface area contributed by atoms with Crippen LogP contribution in [0.25, 0.3) is 11.4 Å². The third kappa shape index (κ3) is 3.89. The first-order chi connectivity index (χ1) is 9.11. The van der Waals surface area contributed by atoms with Crippen molar-refractivity contribution in [1.82, 2.24) is 10.1 Å². The zero-order chi connectivity index (χ0) is 13.7. The van der Waals surface area contributed by atoms with Crippen LogP contribution in [0.3, 0.4) is 0 Å². The third-order valence-corrected chi connectivity index (χ3v) is 4.25. The zero-order valence-corrected chi connectivity index (χ0v) is 11.6. The SMILES string of the molecule is CCCCS(=O)(=O)Cc1nc(-c2ccccc2)no1. The van der Waals surface area contributed by atoms with Crippen LogP contribution in [0.15, 0.2) is 34.9 Å². The summed E-state index contributed by atoms with van der Waals surface area (Å²) in [7, 11) is -3.16. The van der Waals surface area contributed by atoms with E-state index in [1.807, 2.05) is 37.3 Å². The Hall–Kier alpha value is -1.69. The van der Waals surface area contributed by atoms with Crippen LogP contribution in [0, 0.1) is 0 Å². The Labute approximate surface area is 112 Å². The van der Waals surface area contributed by atoms with E-state index in [9.17, 15) is 8.42 Å². The van der Waals surface area contributed by atoms with Crippen molar-refractivity contribution in [3.63, 3.8) is 0 Å². The molecule has 1 heterocycles. The number of sulfone groups is 1. The lowest BCUT2D eigenvalue weighted by Crippen LogP contribution is -2.09. The standard InChI is InChI=1S/C13H16N2O3S/c1-2-3-9-19(16,17)10-12-14-13(15-18-12)11-7-5-4-6-8-11/h4-8H,2-3,9-10H2,1H3. The highest BCUT2D eigenvalue weighted by atomic mass is 32.2. The summed E-state index contributed by atoms with van der Waals surface area (Å²) < 4.78 is 28.5. The van der Waals surface area contributed by atoms with Crippen molar-refractivity contribution in [2.24, 2.45) is 0 Å². The number of hydrogen-bond acceptors (Lipinski definition) is 5. The summed E-state index contributed by atoms with van der Waals surface area (Å²) >= 11 is 0. The highest BCUT2D eigenvalue weighted by molar-refractivity contribution is 7.90. The Morgan fingerprint density at radius 3 is 2.63 bits per heavy atom. The monoisotopic (exact) mass is 280 g/mol. The first-order valence-corrected chi connectivity index (χ1v) is 8.01. The van der Waals surface area contributed by atoms with E-state index in [1.165, 1.54) is 0 Å². The Bertz CT molecular complexity index is 620. The molecule has 5 nitrogen and oxygen atoms in total. The number of benzene rings is 1. The molecule has 0 amide bonds. The third-order valence-electron chi connectivity index (χ3n) is 2.65. The van der Waals surface area contributed by atoms with E-state index < -0.39 is 9.84 Å². The highest BCUT2D eigenvalue weighted by Gasteiger charge is 2.17. The molecule has 2 rings (SSSR count). The Kier molecular flexibility index (Phi) is 4.31. The average molecular weight is 280 g/mol. The summed E-state index contributed by atoms with van der Waals surface area (Å²) in [4.78, 5) is 4.12. The van der Waals surface area contributed by atoms with Gasteiger partial charge in [0.25, 0.3) is 0 Å². The van der Waals surface area contributed by atoms with Gasteiger partial charge in [-0.05, 0) is 6.42 Å². The van der Waals surface area contributed by atoms with Gasteiger partial charge in [-0.25, -0.2) is 8.42 Å². The van der Waals surface area contributed by atoms with Crippen molar-refractivity contribution < 1.29 is 12.9 Å². The molecular weight excluding hydrogens is 264 g/mol. The fraction of sp³-hybridized carbons (Fsp3) is 0.385. The quantitative estimate of drug-likeness (QED) is 0.812. The van der Waals surface area contributed by atoms with Crippen molar-refractivity contribution in [2.75, 3.05) is 5.75 Å². The van der Waals surface area contributed by atoms with Gasteiger partial charge in [-0.2, -0.15) is 4.98 Å². The van der Waals surface area contributed by atoms with Crippen LogP contribution in [-0.2, 0) is 15.6 Å². The molecule has 102 valence electrons. The fourth-order valence-electron chi connectivity index (χ4n) is 1.64. The lowest BCUT2D eigenvalue weighted by molar-refractivity contribution is 0.389. The van der Waals surface area contributed by atoms with Crippen LogP contribution in [-0.4, -0.2) is 24.3 Å². The summed E-state index contributed by atoms with van der Waals surface area (Å²) in [5.41, 5.74) is 0.809. The molecule has 0 unspecified atom stereocenters. The molecule has 0 aliphatic carbocycles. The van der Waals surface area contributed by atoms with Crippen molar-refractivity contribution >= 4 is 9.84 Å². The second-order valence-electron chi connectivity index (χ2n) is 4.32. The minimum Gasteiger partial charge on any atom is -0.338 e. The van der Waals surface area contributed by atoms with Crippen LogP contribution in [0.2, 0.25) is 0 Å². The molecule has 19 heavy (non-hydrogen) atoms. The van der Waals surface area contributed by atoms with Crippen molar-refractivity contribution in [2.45, 2.75) is 25.5 Å². The van der Waals surface area contributed by atoms with E-state index in [0.717, 1.165) is 12.0 Å². The van der Waals surface area contributed by atoms with Gasteiger partial charge in [0.2, 0.25) is 11.7 Å². The minimum absolute atomic E-state index is 0.148. The van der Waals surface area contributed by atoms with E-state index in [0.29, 0.717) is 12.2 Å². The molecular formula is C13H16N2O3S. The maximum absolute atomic E-state index is 11.8. The molecule has 1 aromatic carbocycles. The fourth-order valence-corrected chi connectivity index (χ4v) is 3.01. The van der Waals surface area contributed by atoms with E-state index in [1.54, 1.807) is 0 Å². The average Bonchev–Trinajstić information content (AvgIpc) is 2.85. The molecule has 0 aliphatic heterocycles. The Balaban J connectivity index is 2.10. The molecule has 0 fully saturated rings. The van der Waals surface area contributed by atoms with Crippen LogP contribution in [0.5, 0.6) is 0 Å². The second-order valence-corrected chi connectivity index (χ2v) is 6.51. The predicted octanol–water partition coefficient (Wildman–Crippen LogP) is 2.45. The van der Waals surface area contributed by atoms with Gasteiger partial charge in [-0.1, -0.05) is 48.8 Å². The molecule has 0 radical (unpaired) electrons. The molecule has 0 saturated carbocycles.